The normalized spacial score (nSPS) is 43.0. The number of carbonyl (C=O) groups is 4. The molecule has 264 valence electrons. The Labute approximate surface area is 277 Å². The average Bonchev–Trinajstić information content (AvgIpc) is 3.30. The molecule has 1 heterocycles. The number of allylic oxidation sites excluding steroid dienone is 2. The fourth-order valence-electron chi connectivity index (χ4n) is 9.91. The van der Waals surface area contributed by atoms with Crippen LogP contribution in [0, 0.1) is 34.5 Å². The van der Waals surface area contributed by atoms with Gasteiger partial charge in [-0.3, -0.25) is 23.4 Å². The van der Waals surface area contributed by atoms with Gasteiger partial charge in [0, 0.05) is 26.7 Å². The summed E-state index contributed by atoms with van der Waals surface area (Å²) in [6.07, 6.45) is 1.67. The lowest BCUT2D eigenvalue weighted by Gasteiger charge is -2.59. The maximum atomic E-state index is 12.8. The lowest BCUT2D eigenvalue weighted by atomic mass is 9.48. The molecule has 13 atom stereocenters. The second-order valence-corrected chi connectivity index (χ2v) is 16.5. The smallest absolute Gasteiger partial charge is 0.303 e. The van der Waals surface area contributed by atoms with E-state index in [4.69, 9.17) is 27.9 Å². The zero-order valence-corrected chi connectivity index (χ0v) is 29.5. The molecule has 4 fully saturated rings. The van der Waals surface area contributed by atoms with Crippen molar-refractivity contribution in [3.8, 4) is 0 Å². The monoisotopic (exact) mass is 682 g/mol. The Morgan fingerprint density at radius 1 is 0.851 bits per heavy atom. The van der Waals surface area contributed by atoms with Crippen LogP contribution in [0.2, 0.25) is 0 Å². The Balaban J connectivity index is 1.53. The molecule has 1 aliphatic heterocycles. The number of ketones is 1. The van der Waals surface area contributed by atoms with Crippen LogP contribution in [0.15, 0.2) is 11.6 Å². The Kier molecular flexibility index (Phi) is 10.1. The molecule has 4 aliphatic carbocycles. The lowest BCUT2D eigenvalue weighted by Crippen LogP contribution is -2.63. The van der Waals surface area contributed by atoms with E-state index in [1.165, 1.54) is 26.3 Å². The van der Waals surface area contributed by atoms with Gasteiger partial charge in [-0.25, -0.2) is 0 Å². The van der Waals surface area contributed by atoms with E-state index in [9.17, 15) is 27.6 Å². The van der Waals surface area contributed by atoms with Gasteiger partial charge in [-0.2, -0.15) is 8.42 Å². The van der Waals surface area contributed by atoms with E-state index in [0.29, 0.717) is 25.7 Å². The zero-order valence-electron chi connectivity index (χ0n) is 28.7. The third-order valence-electron chi connectivity index (χ3n) is 11.7. The van der Waals surface area contributed by atoms with Gasteiger partial charge in [0.05, 0.1) is 24.6 Å². The molecule has 0 unspecified atom stereocenters. The Morgan fingerprint density at radius 3 is 2.06 bits per heavy atom. The van der Waals surface area contributed by atoms with E-state index < -0.39 is 70.9 Å². The van der Waals surface area contributed by atoms with E-state index in [1.54, 1.807) is 13.8 Å². The summed E-state index contributed by atoms with van der Waals surface area (Å²) in [6.45, 7) is 11.5. The van der Waals surface area contributed by atoms with Gasteiger partial charge in [-0.1, -0.05) is 25.5 Å². The molecule has 5 aliphatic rings. The number of ether oxygens (including phenoxy) is 5. The summed E-state index contributed by atoms with van der Waals surface area (Å²) in [6, 6.07) is 0. The zero-order chi connectivity index (χ0) is 34.6. The van der Waals surface area contributed by atoms with Crippen molar-refractivity contribution in [3.05, 3.63) is 11.6 Å². The highest BCUT2D eigenvalue weighted by atomic mass is 32.2. The van der Waals surface area contributed by atoms with Gasteiger partial charge in [-0.05, 0) is 87.4 Å². The summed E-state index contributed by atoms with van der Waals surface area (Å²) in [4.78, 5) is 49.4. The quantitative estimate of drug-likeness (QED) is 0.157. The summed E-state index contributed by atoms with van der Waals surface area (Å²) >= 11 is 0. The number of rotatable bonds is 8. The molecule has 3 saturated carbocycles. The second-order valence-electron chi connectivity index (χ2n) is 14.9. The first-order valence-electron chi connectivity index (χ1n) is 16.8. The van der Waals surface area contributed by atoms with Crippen LogP contribution in [0.1, 0.15) is 93.4 Å². The van der Waals surface area contributed by atoms with Gasteiger partial charge in [0.1, 0.15) is 5.78 Å². The largest absolute Gasteiger partial charge is 0.456 e. The van der Waals surface area contributed by atoms with Gasteiger partial charge in [0.25, 0.3) is 10.1 Å². The van der Waals surface area contributed by atoms with Gasteiger partial charge in [0.15, 0.2) is 24.6 Å². The highest BCUT2D eigenvalue weighted by molar-refractivity contribution is 7.86. The van der Waals surface area contributed by atoms with Crippen molar-refractivity contribution >= 4 is 33.8 Å². The SMILES string of the molecule is CC(=O)O[C@@H]1[C@@H](OC(C)=O)[C@H](O[C@H]2C[C@@H]3C(=CC[C@]4(C)[C@@H](C(C)=O)CC[C@@H]34)[C@@]3(C)CC[C@H](OS(C)(=O)=O)C[C@H]23)O[C@H](C)[C@H]1OC(C)=O. The molecule has 47 heavy (non-hydrogen) atoms. The first-order valence-corrected chi connectivity index (χ1v) is 18.6. The second kappa shape index (κ2) is 13.2. The molecule has 0 aromatic carbocycles. The molecule has 0 radical (unpaired) electrons. The van der Waals surface area contributed by atoms with Crippen LogP contribution in [0.3, 0.4) is 0 Å². The topological polar surface area (TPSA) is 158 Å². The van der Waals surface area contributed by atoms with E-state index in [0.717, 1.165) is 25.5 Å². The first kappa shape index (κ1) is 35.9. The molecular formula is C34H50O12S. The minimum atomic E-state index is -3.71. The van der Waals surface area contributed by atoms with Crippen molar-refractivity contribution in [3.63, 3.8) is 0 Å². The molecule has 13 heteroatoms. The predicted octanol–water partition coefficient (Wildman–Crippen LogP) is 4.03. The predicted molar refractivity (Wildman–Crippen MR) is 167 cm³/mol. The van der Waals surface area contributed by atoms with Crippen molar-refractivity contribution in [2.45, 2.75) is 136 Å². The number of hydrogen-bond acceptors (Lipinski definition) is 12. The summed E-state index contributed by atoms with van der Waals surface area (Å²) in [5.74, 6) is -1.57. The van der Waals surface area contributed by atoms with E-state index >= 15 is 0 Å². The highest BCUT2D eigenvalue weighted by Gasteiger charge is 2.61. The molecule has 5 rings (SSSR count). The molecule has 0 N–H and O–H groups in total. The van der Waals surface area contributed by atoms with Crippen LogP contribution in [0.25, 0.3) is 0 Å². The molecule has 0 bridgehead atoms. The summed E-state index contributed by atoms with van der Waals surface area (Å²) < 4.78 is 59.9. The Hall–Kier alpha value is -2.35. The number of Topliss-reactive ketones (excluding diaryl/α,β-unsaturated/α-hetero) is 1. The first-order chi connectivity index (χ1) is 21.8. The maximum absolute atomic E-state index is 12.8. The van der Waals surface area contributed by atoms with Crippen molar-refractivity contribution in [1.29, 1.82) is 0 Å². The Morgan fingerprint density at radius 2 is 1.47 bits per heavy atom. The van der Waals surface area contributed by atoms with Gasteiger partial charge in [-0.15, -0.1) is 0 Å². The number of hydrogen-bond donors (Lipinski definition) is 0. The van der Waals surface area contributed by atoms with Crippen LogP contribution in [-0.2, 0) is 57.2 Å². The average molecular weight is 683 g/mol. The van der Waals surface area contributed by atoms with Crippen molar-refractivity contribution in [1.82, 2.24) is 0 Å². The number of carbonyl (C=O) groups excluding carboxylic acids is 4. The standard InChI is InChI=1S/C34H50O12S/c1-17(35)24-9-10-25-23-16-28(27-15-22(46-47(8,39)40)11-13-34(27,7)26(23)12-14-33(24,25)6)45-32-31(44-21(5)38)30(43-20(4)37)29(18(2)41-32)42-19(3)36/h12,18,22-25,27-32H,9-11,13-16H2,1-8H3/t18-,22+,23+,24-,25+,27-,28+,29-,30+,31-,32+,33-,34-/m1/s1. The Bertz CT molecular complexity index is 1410. The maximum Gasteiger partial charge on any atom is 0.303 e. The third kappa shape index (κ3) is 7.05. The summed E-state index contributed by atoms with van der Waals surface area (Å²) in [5.41, 5.74) is 0.805. The molecule has 0 aromatic rings. The van der Waals surface area contributed by atoms with Crippen molar-refractivity contribution < 1.29 is 55.5 Å². The molecule has 12 nitrogen and oxygen atoms in total. The fourth-order valence-corrected chi connectivity index (χ4v) is 10.6. The molecule has 1 saturated heterocycles. The molecule has 0 amide bonds. The van der Waals surface area contributed by atoms with Gasteiger partial charge < -0.3 is 23.7 Å². The summed E-state index contributed by atoms with van der Waals surface area (Å²) in [7, 11) is -3.71. The van der Waals surface area contributed by atoms with Crippen LogP contribution < -0.4 is 0 Å². The minimum absolute atomic E-state index is 0.0207. The van der Waals surface area contributed by atoms with Crippen molar-refractivity contribution in [2.75, 3.05) is 6.26 Å². The molecule has 0 spiro atoms. The van der Waals surface area contributed by atoms with E-state index in [1.807, 2.05) is 0 Å². The molecular weight excluding hydrogens is 632 g/mol. The van der Waals surface area contributed by atoms with Crippen LogP contribution in [-0.4, -0.2) is 81.3 Å². The third-order valence-corrected chi connectivity index (χ3v) is 12.3. The minimum Gasteiger partial charge on any atom is -0.456 e. The van der Waals surface area contributed by atoms with Crippen LogP contribution in [0.4, 0.5) is 0 Å². The number of esters is 3. The van der Waals surface area contributed by atoms with E-state index in [-0.39, 0.29) is 40.3 Å². The van der Waals surface area contributed by atoms with Crippen molar-refractivity contribution in [2.24, 2.45) is 34.5 Å². The number of fused-ring (bicyclic) bond motifs is 5. The van der Waals surface area contributed by atoms with Crippen LogP contribution in [0.5, 0.6) is 0 Å². The van der Waals surface area contributed by atoms with E-state index in [2.05, 4.69) is 19.9 Å². The molecule has 0 aromatic heterocycles. The lowest BCUT2D eigenvalue weighted by molar-refractivity contribution is -0.320. The summed E-state index contributed by atoms with van der Waals surface area (Å²) in [5, 5.41) is 0. The van der Waals surface area contributed by atoms with Crippen LogP contribution >= 0.6 is 0 Å². The van der Waals surface area contributed by atoms with Gasteiger partial charge in [0.2, 0.25) is 0 Å². The fraction of sp³-hybridized carbons (Fsp3) is 0.824. The van der Waals surface area contributed by atoms with Gasteiger partial charge >= 0.3 is 17.9 Å². The highest BCUT2D eigenvalue weighted by Crippen LogP contribution is 2.66.